The minimum absolute atomic E-state index is 0.707. The second kappa shape index (κ2) is 11.0. The predicted octanol–water partition coefficient (Wildman–Crippen LogP) is 8.43. The second-order valence-electron chi connectivity index (χ2n) is 10.6. The lowest BCUT2D eigenvalue weighted by molar-refractivity contribution is 1.31. The molecule has 10 heteroatoms. The summed E-state index contributed by atoms with van der Waals surface area (Å²) < 4.78 is 2.22. The van der Waals surface area contributed by atoms with Crippen LogP contribution >= 0.6 is 22.7 Å². The lowest BCUT2D eigenvalue weighted by Gasteiger charge is -2.03. The number of rotatable bonds is 4. The summed E-state index contributed by atoms with van der Waals surface area (Å²) in [5, 5.41) is 8.27. The van der Waals surface area contributed by atoms with E-state index in [0.29, 0.717) is 10.3 Å². The lowest BCUT2D eigenvalue weighted by Crippen LogP contribution is -2.22. The molecule has 0 atom stereocenters. The zero-order valence-electron chi connectivity index (χ0n) is 24.0. The van der Waals surface area contributed by atoms with E-state index in [2.05, 4.69) is 57.0 Å². The zero-order chi connectivity index (χ0) is 30.5. The Morgan fingerprint density at radius 1 is 0.391 bits per heavy atom. The van der Waals surface area contributed by atoms with Crippen molar-refractivity contribution in [3.05, 3.63) is 144 Å². The predicted molar refractivity (Wildman–Crippen MR) is 190 cm³/mol. The molecular weight excluding hydrogens is 609 g/mol. The van der Waals surface area contributed by atoms with Gasteiger partial charge in [-0.3, -0.25) is 0 Å². The van der Waals surface area contributed by atoms with Crippen molar-refractivity contribution >= 4 is 88.1 Å². The highest BCUT2D eigenvalue weighted by atomic mass is 32.1. The van der Waals surface area contributed by atoms with Gasteiger partial charge in [-0.05, 0) is 48.5 Å². The van der Waals surface area contributed by atoms with Crippen molar-refractivity contribution in [3.63, 3.8) is 0 Å². The number of para-hydroxylation sites is 2. The first-order chi connectivity index (χ1) is 22.7. The molecule has 0 saturated carbocycles. The number of amidine groups is 4. The Morgan fingerprint density at radius 2 is 0.739 bits per heavy atom. The molecular formula is C36H22N8S2. The van der Waals surface area contributed by atoms with Gasteiger partial charge < -0.3 is 10.6 Å². The van der Waals surface area contributed by atoms with E-state index in [1.807, 2.05) is 84.9 Å². The number of hydrogen-bond acceptors (Lipinski definition) is 8. The Bertz CT molecular complexity index is 2200. The third-order valence-corrected chi connectivity index (χ3v) is 9.52. The van der Waals surface area contributed by atoms with E-state index in [1.54, 1.807) is 22.7 Å². The first-order valence-corrected chi connectivity index (χ1v) is 16.3. The van der Waals surface area contributed by atoms with Gasteiger partial charge in [0.1, 0.15) is 23.3 Å². The van der Waals surface area contributed by atoms with Gasteiger partial charge in [0.25, 0.3) is 0 Å². The molecule has 0 aliphatic carbocycles. The minimum atomic E-state index is 0.707. The normalized spacial score (nSPS) is 17.2. The molecule has 0 bridgehead atoms. The van der Waals surface area contributed by atoms with Gasteiger partial charge in [0, 0.05) is 22.3 Å². The first kappa shape index (κ1) is 26.6. The van der Waals surface area contributed by atoms with Crippen LogP contribution in [0.1, 0.15) is 22.3 Å². The van der Waals surface area contributed by atoms with Crippen molar-refractivity contribution in [2.24, 2.45) is 20.0 Å². The molecule has 0 amide bonds. The van der Waals surface area contributed by atoms with E-state index in [0.717, 1.165) is 77.4 Å². The van der Waals surface area contributed by atoms with Crippen LogP contribution in [0.4, 0.5) is 21.6 Å². The Balaban J connectivity index is 0.994. The van der Waals surface area contributed by atoms with Gasteiger partial charge in [-0.15, -0.1) is 0 Å². The molecule has 0 spiro atoms. The standard InChI is InChI=1S/C36H22N8S2/c1-3-11-25-23(9-1)31(41-33(25)43-35-39-27-13-5-7-15-29(27)45-35)37-21-17-19-22(20-18-21)38-32-24-10-2-4-12-26(24)34(42-32)44-36-40-28-14-6-8-16-30(28)46-36/h1-20H,(H,37,39,41,43)(H,38,40,42,44). The maximum atomic E-state index is 4.94. The average molecular weight is 631 g/mol. The van der Waals surface area contributed by atoms with Crippen LogP contribution in [-0.4, -0.2) is 33.3 Å². The quantitative estimate of drug-likeness (QED) is 0.204. The van der Waals surface area contributed by atoms with Gasteiger partial charge in [-0.1, -0.05) is 95.5 Å². The summed E-state index contributed by atoms with van der Waals surface area (Å²) in [5.74, 6) is 2.98. The molecule has 2 aliphatic heterocycles. The van der Waals surface area contributed by atoms with Crippen LogP contribution in [0.2, 0.25) is 0 Å². The molecule has 0 fully saturated rings. The monoisotopic (exact) mass is 630 g/mol. The number of aromatic nitrogens is 2. The summed E-state index contributed by atoms with van der Waals surface area (Å²) in [6, 6.07) is 40.3. The molecule has 5 aromatic carbocycles. The Labute approximate surface area is 271 Å². The number of benzene rings is 5. The van der Waals surface area contributed by atoms with E-state index < -0.39 is 0 Å². The summed E-state index contributed by atoms with van der Waals surface area (Å²) >= 11 is 3.14. The molecule has 218 valence electrons. The van der Waals surface area contributed by atoms with Gasteiger partial charge >= 0.3 is 0 Å². The number of hydrogen-bond donors (Lipinski definition) is 2. The third kappa shape index (κ3) is 4.86. The molecule has 8 nitrogen and oxygen atoms in total. The van der Waals surface area contributed by atoms with Crippen LogP contribution in [0.25, 0.3) is 20.4 Å². The highest BCUT2D eigenvalue weighted by Gasteiger charge is 2.25. The van der Waals surface area contributed by atoms with Crippen LogP contribution < -0.4 is 10.6 Å². The van der Waals surface area contributed by atoms with Crippen LogP contribution in [0.3, 0.4) is 0 Å². The van der Waals surface area contributed by atoms with Crippen molar-refractivity contribution in [2.75, 3.05) is 0 Å². The van der Waals surface area contributed by atoms with Crippen LogP contribution in [-0.2, 0) is 0 Å². The van der Waals surface area contributed by atoms with Crippen LogP contribution in [0.15, 0.2) is 141 Å². The summed E-state index contributed by atoms with van der Waals surface area (Å²) in [7, 11) is 0. The zero-order valence-corrected chi connectivity index (χ0v) is 25.7. The third-order valence-electron chi connectivity index (χ3n) is 7.66. The van der Waals surface area contributed by atoms with Crippen molar-refractivity contribution in [2.45, 2.75) is 0 Å². The SMILES string of the molecule is c1ccc2c(c1)C(=Nc1ccc(N=C3N/C(=N\c4nc5ccccc5s4)c4ccccc43)cc1)N/C2=N\c1nc2ccccc2s1. The number of nitrogens with one attached hydrogen (secondary N) is 2. The molecule has 9 rings (SSSR count). The van der Waals surface area contributed by atoms with E-state index >= 15 is 0 Å². The highest BCUT2D eigenvalue weighted by Crippen LogP contribution is 2.31. The number of nitrogens with zero attached hydrogens (tertiary/aromatic N) is 6. The molecule has 2 aliphatic rings. The topological polar surface area (TPSA) is 99.3 Å². The van der Waals surface area contributed by atoms with E-state index in [1.165, 1.54) is 0 Å². The number of aliphatic imine (C=N–C) groups is 4. The Hall–Kier alpha value is -5.84. The van der Waals surface area contributed by atoms with E-state index in [4.69, 9.17) is 20.0 Å². The maximum absolute atomic E-state index is 4.94. The molecule has 2 N–H and O–H groups in total. The fourth-order valence-electron chi connectivity index (χ4n) is 5.51. The summed E-state index contributed by atoms with van der Waals surface area (Å²) in [6.45, 7) is 0. The van der Waals surface area contributed by atoms with Crippen LogP contribution in [0.5, 0.6) is 0 Å². The van der Waals surface area contributed by atoms with Gasteiger partial charge in [0.15, 0.2) is 0 Å². The number of thiazole rings is 2. The van der Waals surface area contributed by atoms with Crippen molar-refractivity contribution < 1.29 is 0 Å². The molecule has 0 unspecified atom stereocenters. The minimum Gasteiger partial charge on any atom is -0.324 e. The van der Waals surface area contributed by atoms with Crippen molar-refractivity contribution in [1.29, 1.82) is 0 Å². The highest BCUT2D eigenvalue weighted by molar-refractivity contribution is 7.22. The summed E-state index contributed by atoms with van der Waals surface area (Å²) in [6.07, 6.45) is 0. The molecule has 46 heavy (non-hydrogen) atoms. The fourth-order valence-corrected chi connectivity index (χ4v) is 7.19. The second-order valence-corrected chi connectivity index (χ2v) is 12.6. The average Bonchev–Trinajstić information content (AvgIpc) is 3.86. The van der Waals surface area contributed by atoms with E-state index in [-0.39, 0.29) is 0 Å². The van der Waals surface area contributed by atoms with Gasteiger partial charge in [-0.2, -0.15) is 0 Å². The Kier molecular flexibility index (Phi) is 6.32. The molecule has 0 radical (unpaired) electrons. The largest absolute Gasteiger partial charge is 0.324 e. The van der Waals surface area contributed by atoms with Crippen LogP contribution in [0, 0.1) is 0 Å². The van der Waals surface area contributed by atoms with Crippen molar-refractivity contribution in [1.82, 2.24) is 20.6 Å². The molecule has 7 aromatic rings. The van der Waals surface area contributed by atoms with Gasteiger partial charge in [0.05, 0.1) is 31.8 Å². The maximum Gasteiger partial charge on any atom is 0.212 e. The fraction of sp³-hybridized carbons (Fsp3) is 0. The smallest absolute Gasteiger partial charge is 0.212 e. The lowest BCUT2D eigenvalue weighted by atomic mass is 10.1. The van der Waals surface area contributed by atoms with Crippen molar-refractivity contribution in [3.8, 4) is 0 Å². The molecule has 0 saturated heterocycles. The summed E-state index contributed by atoms with van der Waals surface area (Å²) in [5.41, 5.74) is 7.50. The van der Waals surface area contributed by atoms with Gasteiger partial charge in [-0.25, -0.2) is 29.9 Å². The first-order valence-electron chi connectivity index (χ1n) is 14.6. The Morgan fingerprint density at radius 3 is 1.13 bits per heavy atom. The number of fused-ring (bicyclic) bond motifs is 4. The van der Waals surface area contributed by atoms with Gasteiger partial charge in [0.2, 0.25) is 10.3 Å². The summed E-state index contributed by atoms with van der Waals surface area (Å²) in [4.78, 5) is 29.0. The molecule has 4 heterocycles. The molecule has 2 aromatic heterocycles. The van der Waals surface area contributed by atoms with E-state index in [9.17, 15) is 0 Å².